The zero-order valence-corrected chi connectivity index (χ0v) is 18.7. The van der Waals surface area contributed by atoms with Crippen LogP contribution < -0.4 is 0 Å². The van der Waals surface area contributed by atoms with E-state index < -0.39 is 14.4 Å². The van der Waals surface area contributed by atoms with Crippen molar-refractivity contribution in [2.24, 2.45) is 0 Å². The fourth-order valence-electron chi connectivity index (χ4n) is 2.49. The summed E-state index contributed by atoms with van der Waals surface area (Å²) in [5, 5.41) is 0. The van der Waals surface area contributed by atoms with Gasteiger partial charge in [-0.1, -0.05) is 0 Å². The molecule has 0 N–H and O–H groups in total. The second kappa shape index (κ2) is 9.49. The molecule has 0 amide bonds. The summed E-state index contributed by atoms with van der Waals surface area (Å²) < 4.78 is 12.9. The van der Waals surface area contributed by atoms with E-state index in [-0.39, 0.29) is 12.6 Å². The Morgan fingerprint density at radius 2 is 1.62 bits per heavy atom. The van der Waals surface area contributed by atoms with Crippen LogP contribution in [0.25, 0.3) is 0 Å². The van der Waals surface area contributed by atoms with Crippen molar-refractivity contribution in [2.45, 2.75) is 52.1 Å². The van der Waals surface area contributed by atoms with Crippen LogP contribution in [-0.2, 0) is 27.0 Å². The second-order valence-corrected chi connectivity index (χ2v) is 13.6. The molecular weight excluding hydrogens is 408 g/mol. The fourth-order valence-corrected chi connectivity index (χ4v) is 4.05. The van der Waals surface area contributed by atoms with Crippen molar-refractivity contribution in [3.05, 3.63) is 69.7 Å². The number of hydrogen-bond donors (Lipinski definition) is 0. The molecule has 3 nitrogen and oxygen atoms in total. The maximum absolute atomic E-state index is 12.7. The van der Waals surface area contributed by atoms with Crippen LogP contribution in [0.4, 0.5) is 0 Å². The van der Waals surface area contributed by atoms with Gasteiger partial charge in [0.05, 0.1) is 0 Å². The van der Waals surface area contributed by atoms with E-state index in [9.17, 15) is 4.79 Å². The zero-order valence-electron chi connectivity index (χ0n) is 16.0. The van der Waals surface area contributed by atoms with E-state index in [4.69, 9.17) is 9.16 Å². The number of hydrogen-bond acceptors (Lipinski definition) is 3. The van der Waals surface area contributed by atoms with E-state index in [0.717, 1.165) is 21.6 Å². The number of halogens is 1. The van der Waals surface area contributed by atoms with Gasteiger partial charge in [0.2, 0.25) is 0 Å². The quantitative estimate of drug-likeness (QED) is 0.411. The van der Waals surface area contributed by atoms with Gasteiger partial charge in [-0.25, -0.2) is 0 Å². The van der Waals surface area contributed by atoms with Crippen LogP contribution in [0.2, 0.25) is 19.1 Å². The third kappa shape index (κ3) is 6.70. The Bertz CT molecular complexity index is 711. The molecule has 0 unspecified atom stereocenters. The Morgan fingerprint density at radius 3 is 2.19 bits per heavy atom. The minimum atomic E-state index is -2.20. The van der Waals surface area contributed by atoms with Crippen molar-refractivity contribution in [3.63, 3.8) is 0 Å². The first-order valence-electron chi connectivity index (χ1n) is 9.17. The molecule has 0 fully saturated rings. The average Bonchev–Trinajstić information content (AvgIpc) is 2.62. The summed E-state index contributed by atoms with van der Waals surface area (Å²) in [4.78, 5) is 12.7. The topological polar surface area (TPSA) is 35.5 Å². The molecule has 1 atom stereocenters. The summed E-state index contributed by atoms with van der Waals surface area (Å²) >= 11 is 3.44. The van der Waals surface area contributed by atoms with Gasteiger partial charge in [0.1, 0.15) is 0 Å². The van der Waals surface area contributed by atoms with Crippen molar-refractivity contribution in [1.82, 2.24) is 0 Å². The van der Waals surface area contributed by atoms with E-state index in [1.165, 1.54) is 5.56 Å². The fraction of sp³-hybridized carbons (Fsp3) is 0.381. The van der Waals surface area contributed by atoms with Crippen LogP contribution in [0.15, 0.2) is 53.0 Å². The minimum absolute atomic E-state index is 0.274. The summed E-state index contributed by atoms with van der Waals surface area (Å²) in [6.45, 7) is 8.76. The molecule has 2 aromatic rings. The standard InChI is InChI=1S/C21H28BrO3Si/c1-5-26(3,4)25-20(14-17-10-12-19(22)13-11-17)21(23)24-15-18-8-6-16(2)7-9-18/h6-13,20,26H,5,14-15H2,1-4H3/q-1/t20-/m1/s1. The number of rotatable bonds is 8. The zero-order chi connectivity index (χ0) is 19.2. The average molecular weight is 436 g/mol. The normalized spacial score (nSPS) is 13.3. The third-order valence-electron chi connectivity index (χ3n) is 4.61. The molecule has 0 aliphatic rings. The molecule has 0 spiro atoms. The van der Waals surface area contributed by atoms with Gasteiger partial charge < -0.3 is 0 Å². The third-order valence-corrected chi connectivity index (χ3v) is 8.18. The van der Waals surface area contributed by atoms with Gasteiger partial charge in [0, 0.05) is 0 Å². The van der Waals surface area contributed by atoms with E-state index in [0.29, 0.717) is 6.42 Å². The molecule has 142 valence electrons. The van der Waals surface area contributed by atoms with Gasteiger partial charge >= 0.3 is 166 Å². The molecule has 0 aliphatic carbocycles. The number of carbonyl (C=O) groups is 1. The van der Waals surface area contributed by atoms with E-state index >= 15 is 0 Å². The number of esters is 1. The molecule has 2 rings (SSSR count). The summed E-state index contributed by atoms with van der Waals surface area (Å²) in [6.07, 6.45) is -0.0229. The van der Waals surface area contributed by atoms with Crippen LogP contribution in [-0.4, -0.2) is 20.4 Å². The Morgan fingerprint density at radius 1 is 1.04 bits per heavy atom. The number of carbonyl (C=O) groups excluding carboxylic acids is 1. The van der Waals surface area contributed by atoms with Crippen LogP contribution in [0.1, 0.15) is 23.6 Å². The second-order valence-electron chi connectivity index (χ2n) is 7.49. The maximum atomic E-state index is 12.7. The first kappa shape index (κ1) is 20.9. The van der Waals surface area contributed by atoms with E-state index in [1.807, 2.05) is 55.5 Å². The van der Waals surface area contributed by atoms with Crippen molar-refractivity contribution >= 4 is 30.2 Å². The molecule has 0 aliphatic heterocycles. The first-order valence-corrected chi connectivity index (χ1v) is 13.6. The first-order chi connectivity index (χ1) is 12.3. The molecular formula is C21H28BrO3Si-. The molecule has 0 saturated heterocycles. The molecule has 0 heterocycles. The summed E-state index contributed by atoms with van der Waals surface area (Å²) in [7, 11) is -2.20. The Balaban J connectivity index is 2.06. The molecule has 0 aromatic heterocycles. The van der Waals surface area contributed by atoms with E-state index in [1.54, 1.807) is 0 Å². The van der Waals surface area contributed by atoms with E-state index in [2.05, 4.69) is 35.9 Å². The molecule has 5 heteroatoms. The van der Waals surface area contributed by atoms with Crippen molar-refractivity contribution in [2.75, 3.05) is 0 Å². The Labute approximate surface area is 166 Å². The summed E-state index contributed by atoms with van der Waals surface area (Å²) in [5.74, 6) is -0.282. The van der Waals surface area contributed by atoms with Gasteiger partial charge in [-0.2, -0.15) is 0 Å². The van der Waals surface area contributed by atoms with Crippen molar-refractivity contribution < 1.29 is 14.0 Å². The monoisotopic (exact) mass is 435 g/mol. The van der Waals surface area contributed by atoms with Gasteiger partial charge in [-0.15, -0.1) is 0 Å². The molecule has 2 aromatic carbocycles. The molecule has 0 saturated carbocycles. The predicted octanol–water partition coefficient (Wildman–Crippen LogP) is 5.39. The molecule has 26 heavy (non-hydrogen) atoms. The van der Waals surface area contributed by atoms with Crippen molar-refractivity contribution in [3.8, 4) is 0 Å². The Kier molecular flexibility index (Phi) is 7.62. The van der Waals surface area contributed by atoms with Gasteiger partial charge in [-0.05, 0) is 0 Å². The Hall–Kier alpha value is -1.43. The predicted molar refractivity (Wildman–Crippen MR) is 113 cm³/mol. The summed E-state index contributed by atoms with van der Waals surface area (Å²) in [6, 6.07) is 17.0. The van der Waals surface area contributed by atoms with Crippen LogP contribution >= 0.6 is 15.9 Å². The number of ether oxygens (including phenoxy) is 1. The van der Waals surface area contributed by atoms with Gasteiger partial charge in [-0.3, -0.25) is 0 Å². The van der Waals surface area contributed by atoms with Crippen LogP contribution in [0.5, 0.6) is 0 Å². The SMILES string of the molecule is CC[SiH-](C)(C)O[C@H](Cc1ccc(Br)cc1)C(=O)OCc1ccc(C)cc1. The number of aryl methyl sites for hydroxylation is 1. The van der Waals surface area contributed by atoms with Crippen LogP contribution in [0, 0.1) is 6.92 Å². The van der Waals surface area contributed by atoms with Crippen LogP contribution in [0.3, 0.4) is 0 Å². The van der Waals surface area contributed by atoms with Crippen molar-refractivity contribution in [1.29, 1.82) is 0 Å². The summed E-state index contributed by atoms with van der Waals surface area (Å²) in [5.41, 5.74) is 3.24. The molecule has 0 bridgehead atoms. The number of benzene rings is 2. The van der Waals surface area contributed by atoms with Gasteiger partial charge in [0.15, 0.2) is 0 Å². The molecule has 0 radical (unpaired) electrons. The van der Waals surface area contributed by atoms with Gasteiger partial charge in [0.25, 0.3) is 0 Å².